The zero-order valence-corrected chi connectivity index (χ0v) is 14.7. The summed E-state index contributed by atoms with van der Waals surface area (Å²) in [6, 6.07) is 7.61. The fraction of sp³-hybridized carbons (Fsp3) is 0.579. The summed E-state index contributed by atoms with van der Waals surface area (Å²) in [7, 11) is 0. The maximum Gasteiger partial charge on any atom is 0.344 e. The molecule has 1 aromatic carbocycles. The maximum absolute atomic E-state index is 12.0. The molecule has 0 spiro atoms. The molecular formula is C19H27NO4. The van der Waals surface area contributed by atoms with Crippen molar-refractivity contribution in [1.82, 2.24) is 5.32 Å². The van der Waals surface area contributed by atoms with Crippen molar-refractivity contribution < 1.29 is 19.1 Å². The summed E-state index contributed by atoms with van der Waals surface area (Å²) < 4.78 is 10.4. The highest BCUT2D eigenvalue weighted by Crippen LogP contribution is 2.29. The molecule has 5 nitrogen and oxygen atoms in total. The van der Waals surface area contributed by atoms with E-state index in [1.807, 2.05) is 25.1 Å². The van der Waals surface area contributed by atoms with Gasteiger partial charge < -0.3 is 14.8 Å². The average molecular weight is 333 g/mol. The van der Waals surface area contributed by atoms with Crippen LogP contribution in [0, 0.1) is 18.8 Å². The van der Waals surface area contributed by atoms with Crippen molar-refractivity contribution >= 4 is 11.9 Å². The summed E-state index contributed by atoms with van der Waals surface area (Å²) in [5.74, 6) is 0.907. The van der Waals surface area contributed by atoms with Gasteiger partial charge >= 0.3 is 5.97 Å². The molecule has 132 valence electrons. The Morgan fingerprint density at radius 2 is 1.92 bits per heavy atom. The van der Waals surface area contributed by atoms with Gasteiger partial charge in [0.05, 0.1) is 0 Å². The first-order valence-electron chi connectivity index (χ1n) is 8.60. The Morgan fingerprint density at radius 1 is 1.17 bits per heavy atom. The van der Waals surface area contributed by atoms with E-state index in [9.17, 15) is 9.59 Å². The van der Waals surface area contributed by atoms with Gasteiger partial charge in [-0.2, -0.15) is 0 Å². The molecular weight excluding hydrogens is 306 g/mol. The number of amides is 1. The number of para-hydroxylation sites is 1. The molecule has 1 fully saturated rings. The molecule has 0 heterocycles. The van der Waals surface area contributed by atoms with Crippen LogP contribution in [0.5, 0.6) is 5.75 Å². The van der Waals surface area contributed by atoms with E-state index in [-0.39, 0.29) is 25.2 Å². The number of esters is 1. The van der Waals surface area contributed by atoms with E-state index in [4.69, 9.17) is 9.47 Å². The summed E-state index contributed by atoms with van der Waals surface area (Å²) in [5, 5.41) is 2.98. The van der Waals surface area contributed by atoms with Gasteiger partial charge in [-0.1, -0.05) is 44.9 Å². The number of hydrogen-bond donors (Lipinski definition) is 1. The highest BCUT2D eigenvalue weighted by atomic mass is 16.6. The first-order valence-corrected chi connectivity index (χ1v) is 8.60. The molecule has 24 heavy (non-hydrogen) atoms. The van der Waals surface area contributed by atoms with Crippen LogP contribution in [0.1, 0.15) is 38.7 Å². The molecule has 0 saturated heterocycles. The molecule has 0 unspecified atom stereocenters. The molecule has 5 heteroatoms. The standard InChI is InChI=1S/C19H27NO4/c1-13-8-6-9-16(15(13)3)20-18(21)11-24-19(22)12-23-17-10-5-4-7-14(17)2/h4-5,7,10,13,15-16H,6,8-9,11-12H2,1-3H3,(H,20,21)/t13-,15+,16+/m1/s1. The van der Waals surface area contributed by atoms with E-state index < -0.39 is 5.97 Å². The quantitative estimate of drug-likeness (QED) is 0.813. The predicted octanol–water partition coefficient (Wildman–Crippen LogP) is 2.86. The largest absolute Gasteiger partial charge is 0.482 e. The Balaban J connectivity index is 1.69. The monoisotopic (exact) mass is 333 g/mol. The third-order valence-corrected chi connectivity index (χ3v) is 4.86. The zero-order chi connectivity index (χ0) is 17.5. The second-order valence-electron chi connectivity index (χ2n) is 6.66. The van der Waals surface area contributed by atoms with Gasteiger partial charge in [0.2, 0.25) is 0 Å². The van der Waals surface area contributed by atoms with Gasteiger partial charge in [0.15, 0.2) is 13.2 Å². The fourth-order valence-corrected chi connectivity index (χ4v) is 3.08. The van der Waals surface area contributed by atoms with Crippen molar-refractivity contribution in [2.75, 3.05) is 13.2 Å². The van der Waals surface area contributed by atoms with Crippen LogP contribution in [0.2, 0.25) is 0 Å². The van der Waals surface area contributed by atoms with E-state index >= 15 is 0 Å². The van der Waals surface area contributed by atoms with Crippen LogP contribution >= 0.6 is 0 Å². The number of carbonyl (C=O) groups is 2. The fourth-order valence-electron chi connectivity index (χ4n) is 3.08. The number of nitrogens with one attached hydrogen (secondary N) is 1. The highest BCUT2D eigenvalue weighted by molar-refractivity contribution is 5.81. The van der Waals surface area contributed by atoms with E-state index in [1.54, 1.807) is 6.07 Å². The Bertz CT molecular complexity index is 572. The lowest BCUT2D eigenvalue weighted by molar-refractivity contribution is -0.150. The Morgan fingerprint density at radius 3 is 2.67 bits per heavy atom. The average Bonchev–Trinajstić information content (AvgIpc) is 2.56. The number of carbonyl (C=O) groups excluding carboxylic acids is 2. The molecule has 0 aromatic heterocycles. The molecule has 2 rings (SSSR count). The SMILES string of the molecule is Cc1ccccc1OCC(=O)OCC(=O)N[C@H]1CCC[C@@H](C)[C@@H]1C. The van der Waals surface area contributed by atoms with Crippen LogP contribution in [0.3, 0.4) is 0 Å². The van der Waals surface area contributed by atoms with Crippen molar-refractivity contribution in [2.24, 2.45) is 11.8 Å². The Kier molecular flexibility index (Phi) is 6.64. The van der Waals surface area contributed by atoms with Crippen LogP contribution in [0.15, 0.2) is 24.3 Å². The van der Waals surface area contributed by atoms with Crippen LogP contribution in [0.25, 0.3) is 0 Å². The number of rotatable bonds is 6. The first-order chi connectivity index (χ1) is 11.5. The van der Waals surface area contributed by atoms with Gasteiger partial charge in [-0.3, -0.25) is 4.79 Å². The number of hydrogen-bond acceptors (Lipinski definition) is 4. The van der Waals surface area contributed by atoms with Gasteiger partial charge in [-0.25, -0.2) is 4.79 Å². The topological polar surface area (TPSA) is 64.6 Å². The third-order valence-electron chi connectivity index (χ3n) is 4.86. The third kappa shape index (κ3) is 5.25. The van der Waals surface area contributed by atoms with E-state index in [1.165, 1.54) is 6.42 Å². The van der Waals surface area contributed by atoms with Crippen molar-refractivity contribution in [3.8, 4) is 5.75 Å². The van der Waals surface area contributed by atoms with Gasteiger partial charge in [0, 0.05) is 6.04 Å². The van der Waals surface area contributed by atoms with Crippen LogP contribution < -0.4 is 10.1 Å². The summed E-state index contributed by atoms with van der Waals surface area (Å²) in [4.78, 5) is 23.7. The molecule has 3 atom stereocenters. The normalized spacial score (nSPS) is 23.4. The van der Waals surface area contributed by atoms with Gasteiger partial charge in [0.25, 0.3) is 5.91 Å². The van der Waals surface area contributed by atoms with Crippen molar-refractivity contribution in [2.45, 2.75) is 46.1 Å². The summed E-state index contributed by atoms with van der Waals surface area (Å²) in [6.07, 6.45) is 3.32. The zero-order valence-electron chi connectivity index (χ0n) is 14.7. The molecule has 0 radical (unpaired) electrons. The van der Waals surface area contributed by atoms with Crippen molar-refractivity contribution in [3.63, 3.8) is 0 Å². The van der Waals surface area contributed by atoms with Crippen LogP contribution in [-0.4, -0.2) is 31.1 Å². The first kappa shape index (κ1) is 18.3. The molecule has 1 N–H and O–H groups in total. The van der Waals surface area contributed by atoms with E-state index in [0.717, 1.165) is 18.4 Å². The molecule has 1 aliphatic rings. The van der Waals surface area contributed by atoms with E-state index in [0.29, 0.717) is 17.6 Å². The number of ether oxygens (including phenoxy) is 2. The van der Waals surface area contributed by atoms with Crippen LogP contribution in [0.4, 0.5) is 0 Å². The summed E-state index contributed by atoms with van der Waals surface area (Å²) in [6.45, 7) is 5.83. The van der Waals surface area contributed by atoms with Gasteiger partial charge in [0.1, 0.15) is 5.75 Å². The van der Waals surface area contributed by atoms with Crippen molar-refractivity contribution in [1.29, 1.82) is 0 Å². The Hall–Kier alpha value is -2.04. The number of benzene rings is 1. The van der Waals surface area contributed by atoms with E-state index in [2.05, 4.69) is 19.2 Å². The summed E-state index contributed by atoms with van der Waals surface area (Å²) >= 11 is 0. The molecule has 1 saturated carbocycles. The smallest absolute Gasteiger partial charge is 0.344 e. The highest BCUT2D eigenvalue weighted by Gasteiger charge is 2.28. The van der Waals surface area contributed by atoms with Crippen LogP contribution in [-0.2, 0) is 14.3 Å². The molecule has 1 amide bonds. The lowest BCUT2D eigenvalue weighted by Crippen LogP contribution is -2.45. The molecule has 0 aliphatic heterocycles. The number of aryl methyl sites for hydroxylation is 1. The van der Waals surface area contributed by atoms with Crippen molar-refractivity contribution in [3.05, 3.63) is 29.8 Å². The van der Waals surface area contributed by atoms with Gasteiger partial charge in [-0.15, -0.1) is 0 Å². The van der Waals surface area contributed by atoms with Gasteiger partial charge in [-0.05, 0) is 36.8 Å². The minimum atomic E-state index is -0.543. The summed E-state index contributed by atoms with van der Waals surface area (Å²) in [5.41, 5.74) is 0.948. The maximum atomic E-state index is 12.0. The second-order valence-corrected chi connectivity index (χ2v) is 6.66. The predicted molar refractivity (Wildman–Crippen MR) is 91.7 cm³/mol. The minimum Gasteiger partial charge on any atom is -0.482 e. The lowest BCUT2D eigenvalue weighted by Gasteiger charge is -2.34. The molecule has 1 aromatic rings. The Labute approximate surface area is 143 Å². The minimum absolute atomic E-state index is 0.170. The molecule has 0 bridgehead atoms. The lowest BCUT2D eigenvalue weighted by atomic mass is 9.78. The molecule has 1 aliphatic carbocycles. The second kappa shape index (κ2) is 8.71.